The number of nitrogens with two attached hydrogens (primary N) is 2. The number of nitrogens with zero attached hydrogens (tertiary/aromatic N) is 2. The molecule has 0 aliphatic heterocycles. The van der Waals surface area contributed by atoms with E-state index in [9.17, 15) is 0 Å². The molecule has 0 aromatic heterocycles. The fourth-order valence-electron chi connectivity index (χ4n) is 1.89. The molecule has 5 nitrogen and oxygen atoms in total. The third-order valence-corrected chi connectivity index (χ3v) is 3.07. The minimum Gasteiger partial charge on any atom is -0.370 e. The lowest BCUT2D eigenvalue weighted by molar-refractivity contribution is 0.638. The van der Waals surface area contributed by atoms with Crippen LogP contribution in [0.4, 0.5) is 0 Å². The predicted octanol–water partition coefficient (Wildman–Crippen LogP) is 3.22. The van der Waals surface area contributed by atoms with Crippen molar-refractivity contribution in [3.05, 3.63) is 35.9 Å². The molecule has 0 bridgehead atoms. The number of aliphatic imine (C=N–C) groups is 2. The molecule has 1 aromatic carbocycles. The van der Waals surface area contributed by atoms with Crippen LogP contribution in [0.1, 0.15) is 44.6 Å². The van der Waals surface area contributed by atoms with Gasteiger partial charge in [0.15, 0.2) is 11.9 Å². The summed E-state index contributed by atoms with van der Waals surface area (Å²) in [6, 6.07) is 9.93. The zero-order valence-corrected chi connectivity index (χ0v) is 15.3. The Morgan fingerprint density at radius 3 is 2.17 bits per heavy atom. The summed E-state index contributed by atoms with van der Waals surface area (Å²) in [5.74, 6) is 0.630. The van der Waals surface area contributed by atoms with Crippen LogP contribution in [0.5, 0.6) is 0 Å². The molecule has 1 rings (SSSR count). The molecule has 0 heterocycles. The minimum absolute atomic E-state index is 0. The number of hydrogen-bond donors (Lipinski definition) is 3. The molecule has 0 saturated carbocycles. The highest BCUT2D eigenvalue weighted by Crippen LogP contribution is 2.02. The Labute approximate surface area is 151 Å². The SMILES string of the molecule is CCCCCCCN=C(N)NC(N)=NCc1ccccc1.Cl.Cl. The molecule has 0 saturated heterocycles. The van der Waals surface area contributed by atoms with Gasteiger partial charge in [-0.25, -0.2) is 4.99 Å². The van der Waals surface area contributed by atoms with Gasteiger partial charge in [-0.05, 0) is 12.0 Å². The largest absolute Gasteiger partial charge is 0.370 e. The second-order valence-electron chi connectivity index (χ2n) is 4.99. The van der Waals surface area contributed by atoms with E-state index in [2.05, 4.69) is 22.2 Å². The van der Waals surface area contributed by atoms with Gasteiger partial charge in [0.25, 0.3) is 0 Å². The number of guanidine groups is 2. The fraction of sp³-hybridized carbons (Fsp3) is 0.500. The number of hydrogen-bond acceptors (Lipinski definition) is 2. The van der Waals surface area contributed by atoms with Crippen LogP contribution in [-0.2, 0) is 6.54 Å². The van der Waals surface area contributed by atoms with E-state index < -0.39 is 0 Å². The summed E-state index contributed by atoms with van der Waals surface area (Å²) in [6.45, 7) is 3.47. The second-order valence-corrected chi connectivity index (χ2v) is 4.99. The molecule has 23 heavy (non-hydrogen) atoms. The summed E-state index contributed by atoms with van der Waals surface area (Å²) in [5.41, 5.74) is 12.6. The Morgan fingerprint density at radius 1 is 0.913 bits per heavy atom. The Balaban J connectivity index is 0. The Bertz CT molecular complexity index is 449. The van der Waals surface area contributed by atoms with E-state index in [4.69, 9.17) is 11.5 Å². The van der Waals surface area contributed by atoms with Gasteiger partial charge in [-0.15, -0.1) is 24.8 Å². The van der Waals surface area contributed by atoms with Crippen LogP contribution in [0.3, 0.4) is 0 Å². The number of nitrogens with one attached hydrogen (secondary N) is 1. The van der Waals surface area contributed by atoms with Gasteiger partial charge in [-0.2, -0.15) is 0 Å². The maximum Gasteiger partial charge on any atom is 0.195 e. The van der Waals surface area contributed by atoms with Gasteiger partial charge >= 0.3 is 0 Å². The van der Waals surface area contributed by atoms with Crippen molar-refractivity contribution in [2.24, 2.45) is 21.5 Å². The summed E-state index contributed by atoms with van der Waals surface area (Å²) in [4.78, 5) is 8.46. The molecular weight excluding hydrogens is 333 g/mol. The van der Waals surface area contributed by atoms with E-state index >= 15 is 0 Å². The smallest absolute Gasteiger partial charge is 0.195 e. The predicted molar refractivity (Wildman–Crippen MR) is 105 cm³/mol. The topological polar surface area (TPSA) is 88.8 Å². The lowest BCUT2D eigenvalue weighted by Gasteiger charge is -2.05. The normalized spacial score (nSPS) is 11.3. The molecule has 7 heteroatoms. The first-order chi connectivity index (χ1) is 10.2. The van der Waals surface area contributed by atoms with Gasteiger partial charge in [0.2, 0.25) is 0 Å². The summed E-state index contributed by atoms with van der Waals surface area (Å²) in [5, 5.41) is 2.81. The lowest BCUT2D eigenvalue weighted by atomic mass is 10.2. The van der Waals surface area contributed by atoms with Crippen LogP contribution in [0, 0.1) is 0 Å². The first kappa shape index (κ1) is 23.8. The van der Waals surface area contributed by atoms with E-state index in [0.29, 0.717) is 18.5 Å². The highest BCUT2D eigenvalue weighted by molar-refractivity contribution is 5.97. The zero-order valence-electron chi connectivity index (χ0n) is 13.7. The van der Waals surface area contributed by atoms with Gasteiger partial charge in [-0.1, -0.05) is 62.9 Å². The first-order valence-electron chi connectivity index (χ1n) is 7.63. The van der Waals surface area contributed by atoms with Crippen molar-refractivity contribution in [2.75, 3.05) is 6.54 Å². The van der Waals surface area contributed by atoms with E-state index in [0.717, 1.165) is 18.5 Å². The molecule has 0 spiro atoms. The molecule has 0 aliphatic rings. The second kappa shape index (κ2) is 15.4. The van der Waals surface area contributed by atoms with E-state index in [1.165, 1.54) is 25.7 Å². The van der Waals surface area contributed by atoms with E-state index in [1.807, 2.05) is 30.3 Å². The quantitative estimate of drug-likeness (QED) is 0.377. The van der Waals surface area contributed by atoms with E-state index in [-0.39, 0.29) is 24.8 Å². The third-order valence-electron chi connectivity index (χ3n) is 3.07. The van der Waals surface area contributed by atoms with Gasteiger partial charge in [0.05, 0.1) is 6.54 Å². The third kappa shape index (κ3) is 12.7. The molecule has 1 aromatic rings. The van der Waals surface area contributed by atoms with Gasteiger partial charge in [0.1, 0.15) is 0 Å². The molecule has 0 radical (unpaired) electrons. The Morgan fingerprint density at radius 2 is 1.52 bits per heavy atom. The average molecular weight is 362 g/mol. The number of benzene rings is 1. The highest BCUT2D eigenvalue weighted by atomic mass is 35.5. The number of unbranched alkanes of at least 4 members (excludes halogenated alkanes) is 4. The van der Waals surface area contributed by atoms with Crippen molar-refractivity contribution in [2.45, 2.75) is 45.6 Å². The Kier molecular flexibility index (Phi) is 16.0. The Hall–Kier alpha value is -1.46. The molecule has 132 valence electrons. The van der Waals surface area contributed by atoms with Crippen LogP contribution in [0.15, 0.2) is 40.3 Å². The zero-order chi connectivity index (χ0) is 15.3. The summed E-state index contributed by atoms with van der Waals surface area (Å²) in [6.07, 6.45) is 6.06. The van der Waals surface area contributed by atoms with Gasteiger partial charge < -0.3 is 11.5 Å². The molecule has 0 amide bonds. The molecule has 0 atom stereocenters. The molecule has 0 fully saturated rings. The minimum atomic E-state index is 0. The molecule has 0 aliphatic carbocycles. The van der Waals surface area contributed by atoms with Crippen molar-refractivity contribution in [3.63, 3.8) is 0 Å². The van der Waals surface area contributed by atoms with Crippen molar-refractivity contribution < 1.29 is 0 Å². The van der Waals surface area contributed by atoms with Crippen molar-refractivity contribution >= 4 is 36.7 Å². The standard InChI is InChI=1S/C16H27N5.2ClH/c1-2-3-4-5-9-12-19-15(17)21-16(18)20-13-14-10-7-6-8-11-14;;/h6-8,10-11H,2-5,9,12-13H2,1H3,(H5,17,18,19,20,21);2*1H. The molecule has 0 unspecified atom stereocenters. The summed E-state index contributed by atoms with van der Waals surface area (Å²) >= 11 is 0. The summed E-state index contributed by atoms with van der Waals surface area (Å²) in [7, 11) is 0. The fourth-order valence-corrected chi connectivity index (χ4v) is 1.89. The van der Waals surface area contributed by atoms with E-state index in [1.54, 1.807) is 0 Å². The van der Waals surface area contributed by atoms with Crippen molar-refractivity contribution in [1.82, 2.24) is 5.32 Å². The molecular formula is C16H29Cl2N5. The van der Waals surface area contributed by atoms with Crippen LogP contribution >= 0.6 is 24.8 Å². The summed E-state index contributed by atoms with van der Waals surface area (Å²) < 4.78 is 0. The van der Waals surface area contributed by atoms with Crippen molar-refractivity contribution in [1.29, 1.82) is 0 Å². The first-order valence-corrected chi connectivity index (χ1v) is 7.63. The lowest BCUT2D eigenvalue weighted by Crippen LogP contribution is -2.41. The monoisotopic (exact) mass is 361 g/mol. The average Bonchev–Trinajstić information content (AvgIpc) is 2.50. The molecule has 5 N–H and O–H groups in total. The van der Waals surface area contributed by atoms with Crippen LogP contribution in [0.2, 0.25) is 0 Å². The van der Waals surface area contributed by atoms with Gasteiger partial charge in [-0.3, -0.25) is 10.3 Å². The van der Waals surface area contributed by atoms with Crippen LogP contribution < -0.4 is 16.8 Å². The van der Waals surface area contributed by atoms with Crippen molar-refractivity contribution in [3.8, 4) is 0 Å². The van der Waals surface area contributed by atoms with Gasteiger partial charge in [0, 0.05) is 6.54 Å². The highest BCUT2D eigenvalue weighted by Gasteiger charge is 1.96. The van der Waals surface area contributed by atoms with Crippen LogP contribution in [0.25, 0.3) is 0 Å². The maximum absolute atomic E-state index is 5.77. The maximum atomic E-state index is 5.77. The number of halogens is 2. The number of rotatable bonds is 8. The van der Waals surface area contributed by atoms with Crippen LogP contribution in [-0.4, -0.2) is 18.5 Å².